The molecule has 7 heteroatoms. The first-order valence-corrected chi connectivity index (χ1v) is 8.81. The third kappa shape index (κ3) is 3.04. The van der Waals surface area contributed by atoms with E-state index >= 15 is 0 Å². The van der Waals surface area contributed by atoms with Crippen LogP contribution in [0.2, 0.25) is 10.0 Å². The zero-order valence-corrected chi connectivity index (χ0v) is 15.0. The molecular weight excluding hydrogens is 375 g/mol. The first-order valence-electron chi connectivity index (χ1n) is 8.06. The van der Waals surface area contributed by atoms with Gasteiger partial charge in [0.2, 0.25) is 5.88 Å². The molecule has 2 aromatic carbocycles. The second-order valence-corrected chi connectivity index (χ2v) is 6.94. The van der Waals surface area contributed by atoms with Crippen LogP contribution in [0.3, 0.4) is 0 Å². The highest BCUT2D eigenvalue weighted by Gasteiger charge is 2.33. The fourth-order valence-corrected chi connectivity index (χ4v) is 3.62. The van der Waals surface area contributed by atoms with Crippen LogP contribution >= 0.6 is 23.2 Å². The Morgan fingerprint density at radius 1 is 0.923 bits per heavy atom. The van der Waals surface area contributed by atoms with Crippen molar-refractivity contribution >= 4 is 23.2 Å². The lowest BCUT2D eigenvalue weighted by molar-refractivity contribution is 0.157. The summed E-state index contributed by atoms with van der Waals surface area (Å²) in [6.45, 7) is 0. The summed E-state index contributed by atoms with van der Waals surface area (Å²) in [5.41, 5.74) is 1.11. The second kappa shape index (κ2) is 6.67. The van der Waals surface area contributed by atoms with E-state index in [4.69, 9.17) is 27.9 Å². The minimum absolute atomic E-state index is 0.190. The van der Waals surface area contributed by atoms with Crippen molar-refractivity contribution < 1.29 is 4.74 Å². The molecule has 2 N–H and O–H groups in total. The largest absolute Gasteiger partial charge is 0.470 e. The quantitative estimate of drug-likeness (QED) is 0.695. The Morgan fingerprint density at radius 2 is 1.69 bits per heavy atom. The SMILES string of the molecule is O=c1[nH]c2c(c(=O)[nH]1)[C@@H](c1ccc(Cl)c(Cl)c1)C[C@H](c1ccccc1)O2. The maximum absolute atomic E-state index is 12.4. The van der Waals surface area contributed by atoms with Crippen LogP contribution in [0, 0.1) is 0 Å². The molecule has 1 aliphatic heterocycles. The summed E-state index contributed by atoms with van der Waals surface area (Å²) in [4.78, 5) is 29.0. The number of rotatable bonds is 2. The van der Waals surface area contributed by atoms with Gasteiger partial charge in [0.1, 0.15) is 6.10 Å². The van der Waals surface area contributed by atoms with E-state index in [2.05, 4.69) is 9.97 Å². The van der Waals surface area contributed by atoms with Crippen LogP contribution in [0.1, 0.15) is 35.1 Å². The van der Waals surface area contributed by atoms with Gasteiger partial charge in [-0.2, -0.15) is 0 Å². The number of aromatic nitrogens is 2. The lowest BCUT2D eigenvalue weighted by Crippen LogP contribution is -2.33. The fraction of sp³-hybridized carbons (Fsp3) is 0.158. The van der Waals surface area contributed by atoms with Gasteiger partial charge in [-0.05, 0) is 29.7 Å². The molecule has 0 spiro atoms. The van der Waals surface area contributed by atoms with Crippen LogP contribution in [-0.4, -0.2) is 9.97 Å². The van der Waals surface area contributed by atoms with Crippen LogP contribution in [0.15, 0.2) is 58.1 Å². The Labute approximate surface area is 158 Å². The van der Waals surface area contributed by atoms with E-state index in [9.17, 15) is 9.59 Å². The topological polar surface area (TPSA) is 75.0 Å². The van der Waals surface area contributed by atoms with E-state index in [0.717, 1.165) is 11.1 Å². The first kappa shape index (κ1) is 16.9. The van der Waals surface area contributed by atoms with E-state index in [1.54, 1.807) is 12.1 Å². The molecule has 2 atom stereocenters. The molecule has 1 aromatic heterocycles. The average molecular weight is 389 g/mol. The second-order valence-electron chi connectivity index (χ2n) is 6.13. The van der Waals surface area contributed by atoms with Crippen LogP contribution < -0.4 is 16.0 Å². The van der Waals surface area contributed by atoms with Crippen LogP contribution in [-0.2, 0) is 0 Å². The number of ether oxygens (including phenoxy) is 1. The first-order chi connectivity index (χ1) is 12.5. The molecule has 4 rings (SSSR count). The van der Waals surface area contributed by atoms with Crippen LogP contribution in [0.25, 0.3) is 0 Å². The zero-order chi connectivity index (χ0) is 18.3. The fourth-order valence-electron chi connectivity index (χ4n) is 3.31. The summed E-state index contributed by atoms with van der Waals surface area (Å²) in [6.07, 6.45) is 0.227. The minimum Gasteiger partial charge on any atom is -0.470 e. The third-order valence-electron chi connectivity index (χ3n) is 4.52. The summed E-state index contributed by atoms with van der Waals surface area (Å²) in [7, 11) is 0. The van der Waals surface area contributed by atoms with Gasteiger partial charge in [-0.1, -0.05) is 59.6 Å². The van der Waals surface area contributed by atoms with Gasteiger partial charge < -0.3 is 4.74 Å². The molecule has 3 aromatic rings. The Morgan fingerprint density at radius 3 is 2.42 bits per heavy atom. The predicted octanol–water partition coefficient (Wildman–Crippen LogP) is 4.03. The minimum atomic E-state index is -0.602. The number of halogens is 2. The van der Waals surface area contributed by atoms with Gasteiger partial charge in [0.15, 0.2) is 0 Å². The third-order valence-corrected chi connectivity index (χ3v) is 5.26. The number of benzene rings is 2. The highest BCUT2D eigenvalue weighted by atomic mass is 35.5. The van der Waals surface area contributed by atoms with Crippen molar-refractivity contribution in [3.63, 3.8) is 0 Å². The smallest absolute Gasteiger partial charge is 0.328 e. The zero-order valence-electron chi connectivity index (χ0n) is 13.5. The molecule has 0 radical (unpaired) electrons. The van der Waals surface area contributed by atoms with Gasteiger partial charge in [0.25, 0.3) is 5.56 Å². The maximum Gasteiger partial charge on any atom is 0.328 e. The van der Waals surface area contributed by atoms with E-state index < -0.39 is 11.2 Å². The highest BCUT2D eigenvalue weighted by Crippen LogP contribution is 2.43. The number of nitrogens with one attached hydrogen (secondary N) is 2. The molecule has 26 heavy (non-hydrogen) atoms. The summed E-state index contributed by atoms with van der Waals surface area (Å²) in [5.74, 6) is -0.103. The molecule has 1 aliphatic rings. The summed E-state index contributed by atoms with van der Waals surface area (Å²) < 4.78 is 5.95. The molecular formula is C19H14Cl2N2O3. The van der Waals surface area contributed by atoms with E-state index in [1.165, 1.54) is 0 Å². The summed E-state index contributed by atoms with van der Waals surface area (Å²) in [5, 5.41) is 0.854. The number of hydrogen-bond acceptors (Lipinski definition) is 3. The van der Waals surface area contributed by atoms with E-state index in [-0.39, 0.29) is 17.9 Å². The van der Waals surface area contributed by atoms with E-state index in [1.807, 2.05) is 36.4 Å². The Balaban J connectivity index is 1.87. The van der Waals surface area contributed by atoms with Crippen molar-refractivity contribution in [1.82, 2.24) is 9.97 Å². The molecule has 2 heterocycles. The van der Waals surface area contributed by atoms with Gasteiger partial charge in [-0.25, -0.2) is 4.79 Å². The van der Waals surface area contributed by atoms with Crippen LogP contribution in [0.5, 0.6) is 5.88 Å². The van der Waals surface area contributed by atoms with E-state index in [0.29, 0.717) is 22.0 Å². The monoisotopic (exact) mass is 388 g/mol. The van der Waals surface area contributed by atoms with Crippen molar-refractivity contribution in [2.24, 2.45) is 0 Å². The van der Waals surface area contributed by atoms with Crippen molar-refractivity contribution in [1.29, 1.82) is 0 Å². The van der Waals surface area contributed by atoms with Gasteiger partial charge in [-0.15, -0.1) is 0 Å². The Kier molecular flexibility index (Phi) is 4.34. The molecule has 0 bridgehead atoms. The molecule has 0 unspecified atom stereocenters. The van der Waals surface area contributed by atoms with Crippen molar-refractivity contribution in [3.8, 4) is 5.88 Å². The summed E-state index contributed by atoms with van der Waals surface area (Å²) >= 11 is 12.2. The average Bonchev–Trinajstić information content (AvgIpc) is 2.63. The number of aromatic amines is 2. The Hall–Kier alpha value is -2.50. The molecule has 0 saturated heterocycles. The standard InChI is InChI=1S/C19H14Cl2N2O3/c20-13-7-6-11(8-14(13)21)12-9-15(10-4-2-1-3-5-10)26-18-16(12)17(24)22-19(25)23-18/h1-8,12,15H,9H2,(H2,22,23,24,25)/t12-,15-/m1/s1. The predicted molar refractivity (Wildman–Crippen MR) is 100 cm³/mol. The number of H-pyrrole nitrogens is 2. The number of hydrogen-bond donors (Lipinski definition) is 2. The maximum atomic E-state index is 12.4. The molecule has 5 nitrogen and oxygen atoms in total. The normalized spacial score (nSPS) is 18.8. The van der Waals surface area contributed by atoms with Crippen molar-refractivity contribution in [2.45, 2.75) is 18.4 Å². The summed E-state index contributed by atoms with van der Waals surface area (Å²) in [6, 6.07) is 14.9. The van der Waals surface area contributed by atoms with Crippen molar-refractivity contribution in [3.05, 3.63) is 96.1 Å². The van der Waals surface area contributed by atoms with Gasteiger partial charge >= 0.3 is 5.69 Å². The van der Waals surface area contributed by atoms with Crippen LogP contribution in [0.4, 0.5) is 0 Å². The van der Waals surface area contributed by atoms with Gasteiger partial charge in [-0.3, -0.25) is 14.8 Å². The Bertz CT molecular complexity index is 1080. The molecule has 0 amide bonds. The van der Waals surface area contributed by atoms with Gasteiger partial charge in [0, 0.05) is 5.92 Å². The number of fused-ring (bicyclic) bond motifs is 1. The van der Waals surface area contributed by atoms with Crippen molar-refractivity contribution in [2.75, 3.05) is 0 Å². The molecule has 0 saturated carbocycles. The molecule has 0 aliphatic carbocycles. The molecule has 132 valence electrons. The molecule has 0 fully saturated rings. The lowest BCUT2D eigenvalue weighted by Gasteiger charge is -2.31. The lowest BCUT2D eigenvalue weighted by atomic mass is 9.84. The highest BCUT2D eigenvalue weighted by molar-refractivity contribution is 6.42. The van der Waals surface area contributed by atoms with Gasteiger partial charge in [0.05, 0.1) is 15.6 Å².